The normalized spacial score (nSPS) is 44.1. The molecule has 4 aliphatic rings. The van der Waals surface area contributed by atoms with E-state index in [1.807, 2.05) is 6.92 Å². The fourth-order valence-corrected chi connectivity index (χ4v) is 6.24. The van der Waals surface area contributed by atoms with Crippen molar-refractivity contribution in [2.75, 3.05) is 19.8 Å². The number of carbonyl (C=O) groups excluding carboxylic acids is 1. The Kier molecular flexibility index (Phi) is 4.54. The van der Waals surface area contributed by atoms with Crippen molar-refractivity contribution < 1.29 is 19.7 Å². The van der Waals surface area contributed by atoms with E-state index in [1.54, 1.807) is 0 Å². The third-order valence-corrected chi connectivity index (χ3v) is 7.61. The molecule has 2 N–H and O–H groups in total. The highest BCUT2D eigenvalue weighted by molar-refractivity contribution is 14.1. The highest BCUT2D eigenvalue weighted by Gasteiger charge is 2.63. The van der Waals surface area contributed by atoms with Gasteiger partial charge in [0.15, 0.2) is 0 Å². The van der Waals surface area contributed by atoms with Gasteiger partial charge in [-0.1, -0.05) is 29.5 Å². The molecule has 0 saturated heterocycles. The Morgan fingerprint density at radius 2 is 1.64 bits per heavy atom. The van der Waals surface area contributed by atoms with Gasteiger partial charge in [0.2, 0.25) is 0 Å². The summed E-state index contributed by atoms with van der Waals surface area (Å²) < 4.78 is 5.57. The van der Waals surface area contributed by atoms with E-state index in [9.17, 15) is 15.0 Å². The zero-order chi connectivity index (χ0) is 16.0. The van der Waals surface area contributed by atoms with Gasteiger partial charge in [-0.05, 0) is 61.7 Å². The van der Waals surface area contributed by atoms with Crippen molar-refractivity contribution in [2.45, 2.75) is 55.8 Å². The van der Waals surface area contributed by atoms with Crippen molar-refractivity contribution in [3.8, 4) is 0 Å². The molecule has 3 unspecified atom stereocenters. The van der Waals surface area contributed by atoms with Crippen LogP contribution in [0.5, 0.6) is 0 Å². The Morgan fingerprint density at radius 3 is 2.14 bits per heavy atom. The zero-order valence-electron chi connectivity index (χ0n) is 13.3. The van der Waals surface area contributed by atoms with Crippen molar-refractivity contribution in [3.05, 3.63) is 0 Å². The van der Waals surface area contributed by atoms with Crippen LogP contribution in [0.25, 0.3) is 0 Å². The number of esters is 1. The quantitative estimate of drug-likeness (QED) is 0.393. The summed E-state index contributed by atoms with van der Waals surface area (Å²) >= 11 is 2.14. The largest absolute Gasteiger partial charge is 0.464 e. The number of rotatable bonds is 6. The molecule has 4 aliphatic carbocycles. The van der Waals surface area contributed by atoms with E-state index in [2.05, 4.69) is 22.6 Å². The number of carbonyl (C=O) groups is 1. The maximum atomic E-state index is 12.0. The summed E-state index contributed by atoms with van der Waals surface area (Å²) in [6, 6.07) is 0. The first-order valence-corrected chi connectivity index (χ1v) is 9.66. The van der Waals surface area contributed by atoms with E-state index in [0.29, 0.717) is 12.5 Å². The molecule has 4 saturated carbocycles. The number of hydrogen-bond acceptors (Lipinski definition) is 4. The molecule has 0 aromatic rings. The molecule has 3 atom stereocenters. The predicted octanol–water partition coefficient (Wildman–Crippen LogP) is 2.68. The molecule has 4 fully saturated rings. The zero-order valence-corrected chi connectivity index (χ0v) is 15.5. The second-order valence-corrected chi connectivity index (χ2v) is 9.81. The van der Waals surface area contributed by atoms with Crippen LogP contribution in [0, 0.1) is 22.2 Å². The Morgan fingerprint density at radius 1 is 1.14 bits per heavy atom. The smallest absolute Gasteiger partial charge is 0.318 e. The Hall–Kier alpha value is 0.120. The van der Waals surface area contributed by atoms with E-state index in [1.165, 1.54) is 0 Å². The minimum absolute atomic E-state index is 0.0232. The lowest BCUT2D eigenvalue weighted by Crippen LogP contribution is -2.60. The van der Waals surface area contributed by atoms with E-state index in [4.69, 9.17) is 4.74 Å². The molecular weight excluding hydrogens is 395 g/mol. The Balaban J connectivity index is 1.77. The fourth-order valence-electron chi connectivity index (χ4n) is 6.06. The maximum Gasteiger partial charge on any atom is 0.318 e. The number of ether oxygens (including phenoxy) is 1. The summed E-state index contributed by atoms with van der Waals surface area (Å²) in [4.78, 5) is 12.0. The summed E-state index contributed by atoms with van der Waals surface area (Å²) in [6.07, 6.45) is 6.84. The molecule has 5 heteroatoms. The van der Waals surface area contributed by atoms with Gasteiger partial charge in [0.05, 0.1) is 6.61 Å². The molecule has 0 heterocycles. The minimum atomic E-state index is -0.116. The monoisotopic (exact) mass is 422 g/mol. The molecular formula is C17H27IO4. The van der Waals surface area contributed by atoms with Crippen LogP contribution in [-0.2, 0) is 9.53 Å². The lowest BCUT2D eigenvalue weighted by molar-refractivity contribution is -0.203. The van der Waals surface area contributed by atoms with Crippen molar-refractivity contribution in [3.63, 3.8) is 0 Å². The highest BCUT2D eigenvalue weighted by atomic mass is 127. The molecule has 0 aromatic carbocycles. The molecule has 0 radical (unpaired) electrons. The minimum Gasteiger partial charge on any atom is -0.464 e. The second kappa shape index (κ2) is 5.88. The SMILES string of the molecule is CCC(I)C(=O)OCC12CC3CC(CO)(CC(CO)(C3)C1)C2. The standard InChI is InChI=1S/C17H27IO4/c1-2-13(18)14(21)22-11-17-5-12-3-15(7-17,9-19)6-16(4-12,8-17)10-20/h12-13,19-20H,2-11H2,1H3. The van der Waals surface area contributed by atoms with E-state index in [0.717, 1.165) is 44.9 Å². The summed E-state index contributed by atoms with van der Waals surface area (Å²) in [7, 11) is 0. The molecule has 4 nitrogen and oxygen atoms in total. The molecule has 126 valence electrons. The number of hydrogen-bond donors (Lipinski definition) is 2. The van der Waals surface area contributed by atoms with Gasteiger partial charge < -0.3 is 14.9 Å². The molecule has 0 spiro atoms. The first kappa shape index (κ1) is 17.0. The lowest BCUT2D eigenvalue weighted by Gasteiger charge is -2.65. The van der Waals surface area contributed by atoms with Gasteiger partial charge in [0.25, 0.3) is 0 Å². The van der Waals surface area contributed by atoms with Crippen LogP contribution in [-0.4, -0.2) is 39.9 Å². The first-order chi connectivity index (χ1) is 10.4. The van der Waals surface area contributed by atoms with Gasteiger partial charge in [-0.25, -0.2) is 0 Å². The summed E-state index contributed by atoms with van der Waals surface area (Å²) in [5, 5.41) is 19.9. The van der Waals surface area contributed by atoms with Crippen LogP contribution in [0.4, 0.5) is 0 Å². The Labute approximate surface area is 146 Å². The van der Waals surface area contributed by atoms with E-state index < -0.39 is 0 Å². The van der Waals surface area contributed by atoms with Gasteiger partial charge in [0.1, 0.15) is 3.92 Å². The van der Waals surface area contributed by atoms with Crippen LogP contribution < -0.4 is 0 Å². The average molecular weight is 422 g/mol. The van der Waals surface area contributed by atoms with Crippen LogP contribution in [0.3, 0.4) is 0 Å². The Bertz CT molecular complexity index is 432. The van der Waals surface area contributed by atoms with Crippen LogP contribution in [0.1, 0.15) is 51.9 Å². The molecule has 0 aromatic heterocycles. The van der Waals surface area contributed by atoms with Crippen molar-refractivity contribution >= 4 is 28.6 Å². The molecule has 0 amide bonds. The average Bonchev–Trinajstić information content (AvgIpc) is 2.50. The third kappa shape index (κ3) is 2.81. The number of halogens is 1. The summed E-state index contributed by atoms with van der Waals surface area (Å²) in [5.74, 6) is 0.450. The topological polar surface area (TPSA) is 66.8 Å². The van der Waals surface area contributed by atoms with Crippen molar-refractivity contribution in [1.29, 1.82) is 0 Å². The van der Waals surface area contributed by atoms with E-state index in [-0.39, 0.29) is 39.4 Å². The molecule has 4 bridgehead atoms. The molecule has 0 aliphatic heterocycles. The molecule has 22 heavy (non-hydrogen) atoms. The van der Waals surface area contributed by atoms with Crippen molar-refractivity contribution in [2.24, 2.45) is 22.2 Å². The van der Waals surface area contributed by atoms with Gasteiger partial charge in [0, 0.05) is 18.6 Å². The number of aliphatic hydroxyl groups excluding tert-OH is 2. The lowest BCUT2D eigenvalue weighted by atomic mass is 9.40. The number of aliphatic hydroxyl groups is 2. The number of alkyl halides is 1. The first-order valence-electron chi connectivity index (χ1n) is 8.42. The maximum absolute atomic E-state index is 12.0. The highest BCUT2D eigenvalue weighted by Crippen LogP contribution is 2.69. The fraction of sp³-hybridized carbons (Fsp3) is 0.941. The van der Waals surface area contributed by atoms with Crippen LogP contribution >= 0.6 is 22.6 Å². The summed E-state index contributed by atoms with van der Waals surface area (Å²) in [6.45, 7) is 2.85. The van der Waals surface area contributed by atoms with E-state index >= 15 is 0 Å². The van der Waals surface area contributed by atoms with Gasteiger partial charge in [-0.3, -0.25) is 4.79 Å². The third-order valence-electron chi connectivity index (χ3n) is 6.22. The second-order valence-electron chi connectivity index (χ2n) is 8.31. The van der Waals surface area contributed by atoms with Crippen molar-refractivity contribution in [1.82, 2.24) is 0 Å². The predicted molar refractivity (Wildman–Crippen MR) is 91.7 cm³/mol. The van der Waals surface area contributed by atoms with Crippen LogP contribution in [0.2, 0.25) is 0 Å². The van der Waals surface area contributed by atoms with Gasteiger partial charge in [-0.2, -0.15) is 0 Å². The summed E-state index contributed by atoms with van der Waals surface area (Å²) in [5.41, 5.74) is -0.128. The molecule has 4 rings (SSSR count). The van der Waals surface area contributed by atoms with Gasteiger partial charge in [-0.15, -0.1) is 0 Å². The van der Waals surface area contributed by atoms with Gasteiger partial charge >= 0.3 is 5.97 Å². The van der Waals surface area contributed by atoms with Crippen LogP contribution in [0.15, 0.2) is 0 Å².